The van der Waals surface area contributed by atoms with E-state index in [0.29, 0.717) is 6.10 Å². The van der Waals surface area contributed by atoms with Crippen LogP contribution in [-0.4, -0.2) is 29.8 Å². The molecule has 3 fully saturated rings. The number of hydrogen-bond acceptors (Lipinski definition) is 2. The number of piperidine rings is 1. The van der Waals surface area contributed by atoms with Crippen molar-refractivity contribution in [2.24, 2.45) is 5.92 Å². The third kappa shape index (κ3) is 1.83. The molecule has 2 heterocycles. The van der Waals surface area contributed by atoms with Gasteiger partial charge in [0.15, 0.2) is 0 Å². The molecule has 3 aliphatic rings. The van der Waals surface area contributed by atoms with Gasteiger partial charge < -0.3 is 4.74 Å². The minimum Gasteiger partial charge on any atom is -0.363 e. The van der Waals surface area contributed by atoms with E-state index < -0.39 is 0 Å². The highest BCUT2D eigenvalue weighted by Crippen LogP contribution is 2.38. The fraction of sp³-hybridized carbons (Fsp3) is 1.00. The Labute approximate surface area is 93.0 Å². The lowest BCUT2D eigenvalue weighted by atomic mass is 9.89. The first-order valence-corrected chi connectivity index (χ1v) is 6.72. The summed E-state index contributed by atoms with van der Waals surface area (Å²) < 4.78 is 6.09. The summed E-state index contributed by atoms with van der Waals surface area (Å²) in [7, 11) is 0. The number of nitrogens with zero attached hydrogens (tertiary/aromatic N) is 1. The molecular formula is C13H23NO. The van der Waals surface area contributed by atoms with Crippen molar-refractivity contribution in [2.45, 2.75) is 70.1 Å². The Bertz CT molecular complexity index is 231. The van der Waals surface area contributed by atoms with Crippen molar-refractivity contribution < 1.29 is 4.74 Å². The van der Waals surface area contributed by atoms with E-state index in [1.807, 2.05) is 0 Å². The lowest BCUT2D eigenvalue weighted by Gasteiger charge is -2.39. The Morgan fingerprint density at radius 1 is 1.07 bits per heavy atom. The quantitative estimate of drug-likeness (QED) is 0.608. The van der Waals surface area contributed by atoms with Crippen LogP contribution in [0, 0.1) is 5.92 Å². The smallest absolute Gasteiger partial charge is 0.0998 e. The van der Waals surface area contributed by atoms with Gasteiger partial charge >= 0.3 is 0 Å². The van der Waals surface area contributed by atoms with Crippen molar-refractivity contribution in [3.05, 3.63) is 0 Å². The van der Waals surface area contributed by atoms with E-state index in [1.165, 1.54) is 44.9 Å². The molecule has 0 aromatic heterocycles. The van der Waals surface area contributed by atoms with E-state index in [4.69, 9.17) is 4.74 Å². The molecule has 1 saturated carbocycles. The molecule has 86 valence electrons. The lowest BCUT2D eigenvalue weighted by molar-refractivity contribution is -0.0466. The van der Waals surface area contributed by atoms with Crippen LogP contribution in [0.5, 0.6) is 0 Å². The van der Waals surface area contributed by atoms with Gasteiger partial charge in [-0.25, -0.2) is 0 Å². The Balaban J connectivity index is 1.74. The van der Waals surface area contributed by atoms with E-state index in [-0.39, 0.29) is 0 Å². The first-order chi connectivity index (χ1) is 7.34. The van der Waals surface area contributed by atoms with Crippen molar-refractivity contribution >= 4 is 0 Å². The molecular weight excluding hydrogens is 186 g/mol. The first-order valence-electron chi connectivity index (χ1n) is 6.72. The average Bonchev–Trinajstić information content (AvgIpc) is 2.58. The summed E-state index contributed by atoms with van der Waals surface area (Å²) in [6, 6.07) is 1.59. The number of fused-ring (bicyclic) bond motifs is 2. The Hall–Kier alpha value is -0.0800. The van der Waals surface area contributed by atoms with Gasteiger partial charge in [-0.05, 0) is 44.9 Å². The molecule has 4 atom stereocenters. The predicted molar refractivity (Wildman–Crippen MR) is 60.6 cm³/mol. The third-order valence-electron chi connectivity index (χ3n) is 4.80. The number of rotatable bonds is 0. The monoisotopic (exact) mass is 209 g/mol. The maximum atomic E-state index is 6.09. The molecule has 0 aromatic carbocycles. The zero-order valence-electron chi connectivity index (χ0n) is 9.82. The van der Waals surface area contributed by atoms with Gasteiger partial charge in [0.25, 0.3) is 0 Å². The fourth-order valence-corrected chi connectivity index (χ4v) is 3.85. The normalized spacial score (nSPS) is 47.0. The summed E-state index contributed by atoms with van der Waals surface area (Å²) in [6.07, 6.45) is 10.4. The SMILES string of the molecule is C[C@@H]1CCC[C@@H]2C[C@H]3CCC[C@@H]3OCN21. The number of hydrogen-bond donors (Lipinski definition) is 0. The minimum atomic E-state index is 0.600. The van der Waals surface area contributed by atoms with Crippen molar-refractivity contribution in [3.63, 3.8) is 0 Å². The molecule has 0 amide bonds. The molecule has 0 spiro atoms. The molecule has 3 rings (SSSR count). The summed E-state index contributed by atoms with van der Waals surface area (Å²) in [5, 5.41) is 0. The second kappa shape index (κ2) is 4.06. The highest BCUT2D eigenvalue weighted by Gasteiger charge is 2.38. The van der Waals surface area contributed by atoms with E-state index in [0.717, 1.165) is 24.7 Å². The standard InChI is InChI=1S/C13H23NO/c1-10-4-2-6-12-8-11-5-3-7-13(11)15-9-14(10)12/h10-13H,2-9H2,1H3/t10-,11-,12-,13+/m1/s1. The highest BCUT2D eigenvalue weighted by molar-refractivity contribution is 4.89. The van der Waals surface area contributed by atoms with Crippen LogP contribution in [0.1, 0.15) is 51.9 Å². The minimum absolute atomic E-state index is 0.600. The summed E-state index contributed by atoms with van der Waals surface area (Å²) >= 11 is 0. The topological polar surface area (TPSA) is 12.5 Å². The highest BCUT2D eigenvalue weighted by atomic mass is 16.5. The molecule has 2 heteroatoms. The Morgan fingerprint density at radius 2 is 1.93 bits per heavy atom. The van der Waals surface area contributed by atoms with Gasteiger partial charge in [0.1, 0.15) is 0 Å². The molecule has 2 saturated heterocycles. The zero-order chi connectivity index (χ0) is 10.3. The van der Waals surface area contributed by atoms with Crippen LogP contribution in [0.2, 0.25) is 0 Å². The van der Waals surface area contributed by atoms with Crippen molar-refractivity contribution in [3.8, 4) is 0 Å². The van der Waals surface area contributed by atoms with E-state index in [1.54, 1.807) is 0 Å². The molecule has 1 aliphatic carbocycles. The molecule has 0 bridgehead atoms. The van der Waals surface area contributed by atoms with E-state index in [9.17, 15) is 0 Å². The largest absolute Gasteiger partial charge is 0.363 e. The van der Waals surface area contributed by atoms with Gasteiger partial charge in [0, 0.05) is 12.1 Å². The van der Waals surface area contributed by atoms with Crippen LogP contribution in [0.25, 0.3) is 0 Å². The first kappa shape index (κ1) is 10.1. The van der Waals surface area contributed by atoms with Crippen molar-refractivity contribution in [1.29, 1.82) is 0 Å². The van der Waals surface area contributed by atoms with Crippen LogP contribution in [0.3, 0.4) is 0 Å². The van der Waals surface area contributed by atoms with Crippen LogP contribution in [-0.2, 0) is 4.74 Å². The molecule has 0 N–H and O–H groups in total. The second-order valence-corrected chi connectivity index (χ2v) is 5.71. The second-order valence-electron chi connectivity index (χ2n) is 5.71. The van der Waals surface area contributed by atoms with Gasteiger partial charge in [-0.3, -0.25) is 4.90 Å². The van der Waals surface area contributed by atoms with Crippen LogP contribution in [0.4, 0.5) is 0 Å². The molecule has 15 heavy (non-hydrogen) atoms. The summed E-state index contributed by atoms with van der Waals surface area (Å²) in [5.41, 5.74) is 0. The van der Waals surface area contributed by atoms with Crippen LogP contribution in [0.15, 0.2) is 0 Å². The maximum Gasteiger partial charge on any atom is 0.0998 e. The van der Waals surface area contributed by atoms with E-state index in [2.05, 4.69) is 11.8 Å². The van der Waals surface area contributed by atoms with Gasteiger partial charge in [0.2, 0.25) is 0 Å². The molecule has 0 unspecified atom stereocenters. The predicted octanol–water partition coefficient (Wildman–Crippen LogP) is 2.78. The van der Waals surface area contributed by atoms with Crippen LogP contribution >= 0.6 is 0 Å². The Morgan fingerprint density at radius 3 is 2.87 bits per heavy atom. The Kier molecular flexibility index (Phi) is 2.73. The van der Waals surface area contributed by atoms with E-state index >= 15 is 0 Å². The fourth-order valence-electron chi connectivity index (χ4n) is 3.85. The third-order valence-corrected chi connectivity index (χ3v) is 4.80. The average molecular weight is 209 g/mol. The summed E-state index contributed by atoms with van der Waals surface area (Å²) in [4.78, 5) is 2.63. The molecule has 2 aliphatic heterocycles. The van der Waals surface area contributed by atoms with Gasteiger partial charge in [0.05, 0.1) is 12.8 Å². The zero-order valence-corrected chi connectivity index (χ0v) is 9.82. The van der Waals surface area contributed by atoms with Crippen molar-refractivity contribution in [1.82, 2.24) is 4.90 Å². The molecule has 0 radical (unpaired) electrons. The lowest BCUT2D eigenvalue weighted by Crippen LogP contribution is -2.45. The summed E-state index contributed by atoms with van der Waals surface area (Å²) in [5.74, 6) is 0.880. The van der Waals surface area contributed by atoms with Crippen molar-refractivity contribution in [2.75, 3.05) is 6.73 Å². The van der Waals surface area contributed by atoms with Gasteiger partial charge in [-0.15, -0.1) is 0 Å². The maximum absolute atomic E-state index is 6.09. The molecule has 2 nitrogen and oxygen atoms in total. The summed E-state index contributed by atoms with van der Waals surface area (Å²) in [6.45, 7) is 3.28. The van der Waals surface area contributed by atoms with Gasteiger partial charge in [-0.2, -0.15) is 0 Å². The van der Waals surface area contributed by atoms with Gasteiger partial charge in [-0.1, -0.05) is 12.8 Å². The van der Waals surface area contributed by atoms with Crippen LogP contribution < -0.4 is 0 Å². The number of ether oxygens (including phenoxy) is 1. The molecule has 0 aromatic rings.